The molecule has 0 fully saturated rings. The van der Waals surface area contributed by atoms with Crippen LogP contribution in [0, 0.1) is 0 Å². The van der Waals surface area contributed by atoms with Crippen LogP contribution in [0.2, 0.25) is 5.02 Å². The van der Waals surface area contributed by atoms with Crippen LogP contribution in [0.15, 0.2) is 22.7 Å². The maximum absolute atomic E-state index is 11.5. The second-order valence-electron chi connectivity index (χ2n) is 3.32. The van der Waals surface area contributed by atoms with Crippen LogP contribution in [-0.4, -0.2) is 23.0 Å². The van der Waals surface area contributed by atoms with E-state index in [-0.39, 0.29) is 0 Å². The van der Waals surface area contributed by atoms with E-state index in [0.29, 0.717) is 15.2 Å². The van der Waals surface area contributed by atoms with E-state index in [2.05, 4.69) is 21.2 Å². The average molecular weight is 322 g/mol. The summed E-state index contributed by atoms with van der Waals surface area (Å²) in [6.07, 6.45) is -0.416. The fourth-order valence-electron chi connectivity index (χ4n) is 1.09. The summed E-state index contributed by atoms with van der Waals surface area (Å²) >= 11 is 8.99. The number of carboxylic acids is 1. The van der Waals surface area contributed by atoms with E-state index in [4.69, 9.17) is 22.4 Å². The van der Waals surface area contributed by atoms with E-state index in [0.717, 1.165) is 0 Å². The molecule has 0 saturated carbocycles. The first-order valence-corrected chi connectivity index (χ1v) is 5.80. The van der Waals surface area contributed by atoms with Gasteiger partial charge in [0.25, 0.3) is 0 Å². The summed E-state index contributed by atoms with van der Waals surface area (Å²) in [6.45, 7) is 0. The van der Waals surface area contributed by atoms with Crippen molar-refractivity contribution in [1.29, 1.82) is 0 Å². The Labute approximate surface area is 111 Å². The number of carbonyl (C=O) groups excluding carboxylic acids is 1. The molecule has 4 N–H and O–H groups in total. The molecule has 0 aromatic heterocycles. The van der Waals surface area contributed by atoms with Crippen molar-refractivity contribution in [1.82, 2.24) is 0 Å². The van der Waals surface area contributed by atoms with Gasteiger partial charge in [0.1, 0.15) is 0 Å². The Morgan fingerprint density at radius 2 is 2.18 bits per heavy atom. The summed E-state index contributed by atoms with van der Waals surface area (Å²) in [5.74, 6) is -1.67. The van der Waals surface area contributed by atoms with Crippen LogP contribution in [0.1, 0.15) is 6.42 Å². The lowest BCUT2D eigenvalue weighted by Gasteiger charge is -2.10. The highest BCUT2D eigenvalue weighted by atomic mass is 79.9. The fraction of sp³-hybridized carbons (Fsp3) is 0.200. The molecule has 0 aliphatic rings. The average Bonchev–Trinajstić information content (AvgIpc) is 2.22. The standard InChI is InChI=1S/C10H10BrClN2O3/c11-6-3-5(1-2-7(6)12)14-10(17)8(13)4-9(15)16/h1-3,8H,4,13H2,(H,14,17)(H,15,16). The minimum Gasteiger partial charge on any atom is -0.481 e. The van der Waals surface area contributed by atoms with Crippen molar-refractivity contribution >= 4 is 45.1 Å². The molecule has 1 aromatic carbocycles. The number of benzene rings is 1. The topological polar surface area (TPSA) is 92.4 Å². The van der Waals surface area contributed by atoms with Crippen LogP contribution in [0.3, 0.4) is 0 Å². The van der Waals surface area contributed by atoms with Crippen LogP contribution in [-0.2, 0) is 9.59 Å². The van der Waals surface area contributed by atoms with E-state index >= 15 is 0 Å². The zero-order chi connectivity index (χ0) is 13.0. The largest absolute Gasteiger partial charge is 0.481 e. The summed E-state index contributed by atoms with van der Waals surface area (Å²) in [5, 5.41) is 11.5. The Bertz CT molecular complexity index is 453. The molecule has 5 nitrogen and oxygen atoms in total. The number of rotatable bonds is 4. The molecule has 0 saturated heterocycles. The number of carboxylic acid groups (broad SMARTS) is 1. The van der Waals surface area contributed by atoms with Gasteiger partial charge < -0.3 is 16.2 Å². The third-order valence-corrected chi connectivity index (χ3v) is 3.13. The number of amides is 1. The molecule has 0 spiro atoms. The molecule has 0 heterocycles. The monoisotopic (exact) mass is 320 g/mol. The van der Waals surface area contributed by atoms with Gasteiger partial charge in [0.2, 0.25) is 5.91 Å². The number of nitrogens with one attached hydrogen (secondary N) is 1. The number of carbonyl (C=O) groups is 2. The van der Waals surface area contributed by atoms with Gasteiger partial charge in [0, 0.05) is 10.2 Å². The molecule has 1 atom stereocenters. The molecular weight excluding hydrogens is 311 g/mol. The summed E-state index contributed by atoms with van der Waals surface area (Å²) < 4.78 is 0.628. The zero-order valence-electron chi connectivity index (χ0n) is 8.61. The first-order chi connectivity index (χ1) is 7.90. The molecule has 92 valence electrons. The highest BCUT2D eigenvalue weighted by Gasteiger charge is 2.17. The number of nitrogens with two attached hydrogens (primary N) is 1. The molecule has 1 rings (SSSR count). The highest BCUT2D eigenvalue weighted by Crippen LogP contribution is 2.25. The van der Waals surface area contributed by atoms with E-state index in [1.165, 1.54) is 0 Å². The summed E-state index contributed by atoms with van der Waals surface area (Å²) in [4.78, 5) is 21.9. The molecule has 0 aliphatic carbocycles. The number of hydrogen-bond donors (Lipinski definition) is 3. The van der Waals surface area contributed by atoms with Gasteiger partial charge in [-0.15, -0.1) is 0 Å². The van der Waals surface area contributed by atoms with E-state index in [1.54, 1.807) is 18.2 Å². The molecular formula is C10H10BrClN2O3. The van der Waals surface area contributed by atoms with Crippen LogP contribution < -0.4 is 11.1 Å². The fourth-order valence-corrected chi connectivity index (χ4v) is 1.59. The Kier molecular flexibility index (Phi) is 4.92. The van der Waals surface area contributed by atoms with Crippen molar-refractivity contribution in [2.24, 2.45) is 5.73 Å². The Morgan fingerprint density at radius 3 is 2.71 bits per heavy atom. The van der Waals surface area contributed by atoms with Crippen molar-refractivity contribution in [3.8, 4) is 0 Å². The minimum absolute atomic E-state index is 0.416. The Balaban J connectivity index is 2.67. The van der Waals surface area contributed by atoms with Gasteiger partial charge in [-0.25, -0.2) is 0 Å². The quantitative estimate of drug-likeness (QED) is 0.789. The third-order valence-electron chi connectivity index (χ3n) is 1.92. The van der Waals surface area contributed by atoms with Crippen molar-refractivity contribution in [3.63, 3.8) is 0 Å². The second kappa shape index (κ2) is 6.00. The predicted molar refractivity (Wildman–Crippen MR) is 68.0 cm³/mol. The SMILES string of the molecule is NC(CC(=O)O)C(=O)Nc1ccc(Cl)c(Br)c1. The Morgan fingerprint density at radius 1 is 1.53 bits per heavy atom. The molecule has 0 radical (unpaired) electrons. The van der Waals surface area contributed by atoms with E-state index in [9.17, 15) is 9.59 Å². The highest BCUT2D eigenvalue weighted by molar-refractivity contribution is 9.10. The van der Waals surface area contributed by atoms with Crippen LogP contribution in [0.5, 0.6) is 0 Å². The second-order valence-corrected chi connectivity index (χ2v) is 4.58. The van der Waals surface area contributed by atoms with E-state index in [1.807, 2.05) is 0 Å². The Hall–Kier alpha value is -1.11. The van der Waals surface area contributed by atoms with Gasteiger partial charge in [-0.05, 0) is 34.1 Å². The van der Waals surface area contributed by atoms with Crippen LogP contribution in [0.25, 0.3) is 0 Å². The number of hydrogen-bond acceptors (Lipinski definition) is 3. The summed E-state index contributed by atoms with van der Waals surface area (Å²) in [7, 11) is 0. The molecule has 1 unspecified atom stereocenters. The molecule has 0 aliphatic heterocycles. The van der Waals surface area contributed by atoms with Gasteiger partial charge in [0.05, 0.1) is 17.5 Å². The lowest BCUT2D eigenvalue weighted by atomic mass is 10.2. The van der Waals surface area contributed by atoms with Gasteiger partial charge >= 0.3 is 5.97 Å². The van der Waals surface area contributed by atoms with Crippen molar-refractivity contribution in [2.75, 3.05) is 5.32 Å². The van der Waals surface area contributed by atoms with E-state index < -0.39 is 24.3 Å². The molecule has 17 heavy (non-hydrogen) atoms. The zero-order valence-corrected chi connectivity index (χ0v) is 11.0. The maximum atomic E-state index is 11.5. The normalized spacial score (nSPS) is 11.9. The van der Waals surface area contributed by atoms with Crippen molar-refractivity contribution in [2.45, 2.75) is 12.5 Å². The number of anilines is 1. The maximum Gasteiger partial charge on any atom is 0.305 e. The number of halogens is 2. The van der Waals surface area contributed by atoms with Crippen LogP contribution >= 0.6 is 27.5 Å². The van der Waals surface area contributed by atoms with Gasteiger partial charge in [-0.3, -0.25) is 9.59 Å². The first-order valence-electron chi connectivity index (χ1n) is 4.63. The van der Waals surface area contributed by atoms with Crippen molar-refractivity contribution < 1.29 is 14.7 Å². The van der Waals surface area contributed by atoms with Gasteiger partial charge in [-0.2, -0.15) is 0 Å². The molecule has 1 amide bonds. The predicted octanol–water partition coefficient (Wildman–Crippen LogP) is 1.84. The van der Waals surface area contributed by atoms with Crippen LogP contribution in [0.4, 0.5) is 5.69 Å². The minimum atomic E-state index is -1.12. The lowest BCUT2D eigenvalue weighted by molar-refractivity contribution is -0.138. The van der Waals surface area contributed by atoms with Gasteiger partial charge in [0.15, 0.2) is 0 Å². The summed E-state index contributed by atoms with van der Waals surface area (Å²) in [6, 6.07) is 3.72. The first kappa shape index (κ1) is 14.0. The lowest BCUT2D eigenvalue weighted by Crippen LogP contribution is -2.37. The number of aliphatic carboxylic acids is 1. The van der Waals surface area contributed by atoms with Crippen molar-refractivity contribution in [3.05, 3.63) is 27.7 Å². The van der Waals surface area contributed by atoms with Gasteiger partial charge in [-0.1, -0.05) is 11.6 Å². The third kappa shape index (κ3) is 4.33. The molecule has 1 aromatic rings. The summed E-state index contributed by atoms with van der Waals surface area (Å²) in [5.41, 5.74) is 5.90. The molecule has 0 bridgehead atoms. The smallest absolute Gasteiger partial charge is 0.305 e. The molecule has 7 heteroatoms.